The Kier molecular flexibility index (Phi) is 7.17. The molecule has 0 radical (unpaired) electrons. The predicted octanol–water partition coefficient (Wildman–Crippen LogP) is 3.91. The number of carbonyl (C=O) groups excluding carboxylic acids is 2. The van der Waals surface area contributed by atoms with E-state index in [0.717, 1.165) is 31.6 Å². The van der Waals surface area contributed by atoms with Crippen LogP contribution >= 0.6 is 0 Å². The van der Waals surface area contributed by atoms with Gasteiger partial charge < -0.3 is 14.5 Å². The molecule has 29 heavy (non-hydrogen) atoms. The molecule has 0 atom stereocenters. The highest BCUT2D eigenvalue weighted by Crippen LogP contribution is 2.25. The number of carbonyl (C=O) groups is 2. The summed E-state index contributed by atoms with van der Waals surface area (Å²) in [5.41, 5.74) is 0.458. The van der Waals surface area contributed by atoms with Gasteiger partial charge >= 0.3 is 6.09 Å². The van der Waals surface area contributed by atoms with Crippen LogP contribution in [0, 0.1) is 0 Å². The third kappa shape index (κ3) is 6.20. The second-order valence-corrected chi connectivity index (χ2v) is 9.13. The average Bonchev–Trinajstić information content (AvgIpc) is 2.69. The van der Waals surface area contributed by atoms with Gasteiger partial charge in [0.1, 0.15) is 5.60 Å². The molecule has 6 nitrogen and oxygen atoms in total. The fourth-order valence-corrected chi connectivity index (χ4v) is 4.17. The van der Waals surface area contributed by atoms with E-state index in [9.17, 15) is 9.59 Å². The van der Waals surface area contributed by atoms with E-state index < -0.39 is 5.60 Å². The van der Waals surface area contributed by atoms with Crippen LogP contribution in [0.2, 0.25) is 0 Å². The Morgan fingerprint density at radius 2 is 1.62 bits per heavy atom. The first-order valence-corrected chi connectivity index (χ1v) is 10.9. The number of piperidine rings is 2. The molecule has 2 aliphatic rings. The molecule has 0 spiro atoms. The topological polar surface area (TPSA) is 53.1 Å². The molecule has 2 aliphatic heterocycles. The van der Waals surface area contributed by atoms with Crippen molar-refractivity contribution in [1.29, 1.82) is 0 Å². The number of likely N-dealkylation sites (tertiary alicyclic amines) is 2. The van der Waals surface area contributed by atoms with Crippen LogP contribution in [0.3, 0.4) is 0 Å². The molecule has 2 saturated heterocycles. The highest BCUT2D eigenvalue weighted by Gasteiger charge is 2.33. The highest BCUT2D eigenvalue weighted by molar-refractivity contribution is 5.95. The zero-order valence-electron chi connectivity index (χ0n) is 18.1. The molecule has 3 rings (SSSR count). The van der Waals surface area contributed by atoms with Gasteiger partial charge in [-0.15, -0.1) is 0 Å². The molecule has 0 bridgehead atoms. The minimum absolute atomic E-state index is 0.105. The summed E-state index contributed by atoms with van der Waals surface area (Å²) in [6, 6.07) is 10.1. The number of nitrogens with zero attached hydrogens (tertiary/aromatic N) is 3. The number of anilines is 1. The summed E-state index contributed by atoms with van der Waals surface area (Å²) in [6.07, 6.45) is 4.87. The Morgan fingerprint density at radius 1 is 1.00 bits per heavy atom. The number of hydrogen-bond donors (Lipinski definition) is 0. The summed E-state index contributed by atoms with van der Waals surface area (Å²) in [5.74, 6) is 0.161. The summed E-state index contributed by atoms with van der Waals surface area (Å²) in [5, 5.41) is 0. The van der Waals surface area contributed by atoms with E-state index in [2.05, 4.69) is 4.90 Å². The van der Waals surface area contributed by atoms with Crippen LogP contribution in [0.4, 0.5) is 10.5 Å². The van der Waals surface area contributed by atoms with Gasteiger partial charge in [-0.05, 0) is 71.7 Å². The molecule has 0 saturated carbocycles. The number of ether oxygens (including phenoxy) is 1. The van der Waals surface area contributed by atoms with Gasteiger partial charge in [0.25, 0.3) is 0 Å². The van der Waals surface area contributed by atoms with Gasteiger partial charge in [-0.1, -0.05) is 24.6 Å². The minimum Gasteiger partial charge on any atom is -0.444 e. The number of amides is 2. The molecule has 0 aromatic heterocycles. The van der Waals surface area contributed by atoms with Crippen molar-refractivity contribution in [2.75, 3.05) is 37.6 Å². The van der Waals surface area contributed by atoms with Gasteiger partial charge in [0.05, 0.1) is 6.54 Å². The van der Waals surface area contributed by atoms with Crippen molar-refractivity contribution in [2.24, 2.45) is 0 Å². The lowest BCUT2D eigenvalue weighted by Gasteiger charge is -2.40. The van der Waals surface area contributed by atoms with E-state index in [-0.39, 0.29) is 18.0 Å². The fourth-order valence-electron chi connectivity index (χ4n) is 4.17. The Labute approximate surface area is 174 Å². The van der Waals surface area contributed by atoms with Crippen molar-refractivity contribution < 1.29 is 14.3 Å². The number of hydrogen-bond acceptors (Lipinski definition) is 4. The van der Waals surface area contributed by atoms with Crippen LogP contribution in [0.25, 0.3) is 0 Å². The summed E-state index contributed by atoms with van der Waals surface area (Å²) in [4.78, 5) is 31.7. The van der Waals surface area contributed by atoms with Crippen LogP contribution in [0.1, 0.15) is 52.9 Å². The van der Waals surface area contributed by atoms with E-state index >= 15 is 0 Å². The smallest absolute Gasteiger partial charge is 0.410 e. The van der Waals surface area contributed by atoms with Crippen LogP contribution < -0.4 is 4.90 Å². The maximum Gasteiger partial charge on any atom is 0.410 e. The Morgan fingerprint density at radius 3 is 2.21 bits per heavy atom. The van der Waals surface area contributed by atoms with E-state index in [4.69, 9.17) is 4.74 Å². The first-order valence-electron chi connectivity index (χ1n) is 10.9. The molecular weight excluding hydrogens is 366 g/mol. The Hall–Kier alpha value is -2.08. The monoisotopic (exact) mass is 401 g/mol. The maximum absolute atomic E-state index is 13.3. The van der Waals surface area contributed by atoms with Crippen LogP contribution in [-0.2, 0) is 9.53 Å². The van der Waals surface area contributed by atoms with E-state index in [1.54, 1.807) is 4.90 Å². The van der Waals surface area contributed by atoms with E-state index in [0.29, 0.717) is 19.6 Å². The second kappa shape index (κ2) is 9.61. The molecule has 2 fully saturated rings. The van der Waals surface area contributed by atoms with E-state index in [1.807, 2.05) is 56.0 Å². The molecule has 160 valence electrons. The number of para-hydroxylation sites is 1. The summed E-state index contributed by atoms with van der Waals surface area (Å²) in [7, 11) is 0. The third-order valence-electron chi connectivity index (χ3n) is 5.59. The second-order valence-electron chi connectivity index (χ2n) is 9.13. The van der Waals surface area contributed by atoms with Gasteiger partial charge in [-0.2, -0.15) is 0 Å². The van der Waals surface area contributed by atoms with Crippen molar-refractivity contribution in [3.8, 4) is 0 Å². The third-order valence-corrected chi connectivity index (χ3v) is 5.59. The lowest BCUT2D eigenvalue weighted by atomic mass is 10.0. The molecule has 2 heterocycles. The zero-order valence-corrected chi connectivity index (χ0v) is 18.1. The lowest BCUT2D eigenvalue weighted by molar-refractivity contribution is -0.120. The minimum atomic E-state index is -0.492. The lowest BCUT2D eigenvalue weighted by Crippen LogP contribution is -2.52. The van der Waals surface area contributed by atoms with Crippen molar-refractivity contribution in [1.82, 2.24) is 9.80 Å². The quantitative estimate of drug-likeness (QED) is 0.768. The van der Waals surface area contributed by atoms with Crippen LogP contribution in [0.5, 0.6) is 0 Å². The van der Waals surface area contributed by atoms with Crippen LogP contribution in [0.15, 0.2) is 30.3 Å². The SMILES string of the molecule is CC(C)(C)OC(=O)N1CCC(N(C(=O)CN2CCCCC2)c2ccccc2)CC1. The number of benzene rings is 1. The van der Waals surface area contributed by atoms with Crippen molar-refractivity contribution in [3.63, 3.8) is 0 Å². The van der Waals surface area contributed by atoms with Crippen molar-refractivity contribution in [3.05, 3.63) is 30.3 Å². The molecule has 1 aromatic rings. The van der Waals surface area contributed by atoms with Gasteiger partial charge in [-0.3, -0.25) is 9.69 Å². The molecule has 2 amide bonds. The van der Waals surface area contributed by atoms with E-state index in [1.165, 1.54) is 19.3 Å². The first kappa shape index (κ1) is 21.6. The van der Waals surface area contributed by atoms with Gasteiger partial charge in [-0.25, -0.2) is 4.79 Å². The molecular formula is C23H35N3O3. The van der Waals surface area contributed by atoms with Gasteiger partial charge in [0, 0.05) is 24.8 Å². The largest absolute Gasteiger partial charge is 0.444 e. The summed E-state index contributed by atoms with van der Waals surface area (Å²) in [6.45, 7) is 9.36. The molecule has 0 aliphatic carbocycles. The molecule has 6 heteroatoms. The Bertz CT molecular complexity index is 672. The fraction of sp³-hybridized carbons (Fsp3) is 0.652. The zero-order chi connectivity index (χ0) is 20.9. The molecule has 0 unspecified atom stereocenters. The van der Waals surface area contributed by atoms with Crippen molar-refractivity contribution in [2.45, 2.75) is 64.5 Å². The van der Waals surface area contributed by atoms with Gasteiger partial charge in [0.2, 0.25) is 5.91 Å². The summed E-state index contributed by atoms with van der Waals surface area (Å²) >= 11 is 0. The highest BCUT2D eigenvalue weighted by atomic mass is 16.6. The molecule has 0 N–H and O–H groups in total. The van der Waals surface area contributed by atoms with Crippen LogP contribution in [-0.4, -0.2) is 66.2 Å². The maximum atomic E-state index is 13.3. The standard InChI is InChI=1S/C23H35N3O3/c1-23(2,3)29-22(28)25-16-12-20(13-17-25)26(19-10-6-4-7-11-19)21(27)18-24-14-8-5-9-15-24/h4,6-7,10-11,20H,5,8-9,12-18H2,1-3H3. The average molecular weight is 402 g/mol. The Balaban J connectivity index is 1.66. The van der Waals surface area contributed by atoms with Crippen molar-refractivity contribution >= 4 is 17.7 Å². The summed E-state index contributed by atoms with van der Waals surface area (Å²) < 4.78 is 5.51. The van der Waals surface area contributed by atoms with Gasteiger partial charge in [0.15, 0.2) is 0 Å². The normalized spacial score (nSPS) is 19.1. The predicted molar refractivity (Wildman–Crippen MR) is 115 cm³/mol. The molecule has 1 aromatic carbocycles. The number of rotatable bonds is 4. The first-order chi connectivity index (χ1) is 13.8.